The molecule has 50 heavy (non-hydrogen) atoms. The Morgan fingerprint density at radius 1 is 0.440 bits per heavy atom. The molecule has 0 spiro atoms. The molecule has 0 fully saturated rings. The van der Waals surface area contributed by atoms with Crippen molar-refractivity contribution in [2.75, 3.05) is 64.1 Å². The Kier molecular flexibility index (Phi) is 10.4. The number of para-hydroxylation sites is 6. The minimum absolute atomic E-state index is 0.457. The van der Waals surface area contributed by atoms with Crippen LogP contribution in [-0.4, -0.2) is 72.4 Å². The standard InChI is InChI=1S/C40H42N6O4/c41-33-9-5-7-29-15-17-31(43-39(29)33)27-45-19-23-47-35-11-1-2-12-36(35)48-24-20-46(22-26-50-38-14-4-3-13-37(38)49-25-21-45)28-32-18-16-30-8-6-10-34(42)40(30)44-32/h1-18H,19-28,41-42H2. The van der Waals surface area contributed by atoms with Crippen LogP contribution in [0, 0.1) is 0 Å². The van der Waals surface area contributed by atoms with Crippen molar-refractivity contribution in [3.8, 4) is 23.0 Å². The molecule has 10 nitrogen and oxygen atoms in total. The number of nitrogens with two attached hydrogens (primary N) is 2. The molecule has 0 unspecified atom stereocenters. The predicted molar refractivity (Wildman–Crippen MR) is 198 cm³/mol. The smallest absolute Gasteiger partial charge is 0.161 e. The lowest BCUT2D eigenvalue weighted by molar-refractivity contribution is 0.149. The van der Waals surface area contributed by atoms with Crippen molar-refractivity contribution in [3.63, 3.8) is 0 Å². The van der Waals surface area contributed by atoms with Crippen LogP contribution in [0.5, 0.6) is 23.0 Å². The van der Waals surface area contributed by atoms with E-state index in [1.807, 2.05) is 84.9 Å². The highest BCUT2D eigenvalue weighted by molar-refractivity contribution is 5.89. The average molecular weight is 671 g/mol. The van der Waals surface area contributed by atoms with Crippen molar-refractivity contribution in [1.82, 2.24) is 19.8 Å². The Hall–Kier alpha value is -5.58. The Morgan fingerprint density at radius 2 is 0.800 bits per heavy atom. The number of aromatic nitrogens is 2. The number of nitrogen functional groups attached to an aromatic ring is 2. The second-order valence-corrected chi connectivity index (χ2v) is 12.3. The van der Waals surface area contributed by atoms with E-state index in [1.54, 1.807) is 0 Å². The van der Waals surface area contributed by atoms with E-state index in [9.17, 15) is 0 Å². The molecule has 0 saturated heterocycles. The summed E-state index contributed by atoms with van der Waals surface area (Å²) in [6, 6.07) is 35.6. The zero-order valence-corrected chi connectivity index (χ0v) is 28.0. The van der Waals surface area contributed by atoms with Gasteiger partial charge in [-0.25, -0.2) is 9.97 Å². The fourth-order valence-electron chi connectivity index (χ4n) is 6.11. The van der Waals surface area contributed by atoms with Crippen molar-refractivity contribution >= 4 is 33.2 Å². The second kappa shape index (κ2) is 15.8. The van der Waals surface area contributed by atoms with E-state index < -0.39 is 0 Å². The van der Waals surface area contributed by atoms with Crippen molar-refractivity contribution in [2.45, 2.75) is 13.1 Å². The van der Waals surface area contributed by atoms with Gasteiger partial charge in [0, 0.05) is 50.0 Å². The van der Waals surface area contributed by atoms with Gasteiger partial charge in [-0.3, -0.25) is 9.80 Å². The van der Waals surface area contributed by atoms with Gasteiger partial charge in [-0.1, -0.05) is 60.7 Å². The monoisotopic (exact) mass is 670 g/mol. The van der Waals surface area contributed by atoms with Crippen LogP contribution in [0.3, 0.4) is 0 Å². The molecule has 0 bridgehead atoms. The largest absolute Gasteiger partial charge is 0.488 e. The van der Waals surface area contributed by atoms with Crippen LogP contribution in [0.25, 0.3) is 21.8 Å². The van der Waals surface area contributed by atoms with Gasteiger partial charge >= 0.3 is 0 Å². The van der Waals surface area contributed by atoms with Crippen molar-refractivity contribution in [2.24, 2.45) is 0 Å². The lowest BCUT2D eigenvalue weighted by Gasteiger charge is -2.25. The maximum absolute atomic E-state index is 6.32. The zero-order chi connectivity index (χ0) is 34.1. The summed E-state index contributed by atoms with van der Waals surface area (Å²) in [5.41, 5.74) is 17.3. The molecule has 1 aliphatic rings. The molecule has 0 amide bonds. The first kappa shape index (κ1) is 32.9. The molecule has 0 aliphatic carbocycles. The highest BCUT2D eigenvalue weighted by Gasteiger charge is 2.15. The number of pyridine rings is 2. The van der Waals surface area contributed by atoms with Gasteiger partial charge in [0.2, 0.25) is 0 Å². The van der Waals surface area contributed by atoms with Crippen LogP contribution in [0.15, 0.2) is 109 Å². The van der Waals surface area contributed by atoms with Crippen LogP contribution in [0.4, 0.5) is 11.4 Å². The maximum Gasteiger partial charge on any atom is 0.161 e. The van der Waals surface area contributed by atoms with Gasteiger partial charge in [0.05, 0.1) is 33.8 Å². The molecule has 4 N–H and O–H groups in total. The first-order chi connectivity index (χ1) is 24.6. The second-order valence-electron chi connectivity index (χ2n) is 12.3. The molecular weight excluding hydrogens is 628 g/mol. The summed E-state index contributed by atoms with van der Waals surface area (Å²) in [4.78, 5) is 14.3. The summed E-state index contributed by atoms with van der Waals surface area (Å²) in [6.45, 7) is 5.65. The van der Waals surface area contributed by atoms with Crippen LogP contribution < -0.4 is 30.4 Å². The SMILES string of the molecule is Nc1cccc2ccc(CN3CCOc4ccccc4OCCN(Cc4ccc5cccc(N)c5n4)CCOc4ccccc4OCC3)nc12. The number of hydrogen-bond donors (Lipinski definition) is 2. The lowest BCUT2D eigenvalue weighted by atomic mass is 10.1. The molecule has 10 heteroatoms. The summed E-state index contributed by atoms with van der Waals surface area (Å²) in [5.74, 6) is 2.82. The molecular formula is C40H42N6O4. The van der Waals surface area contributed by atoms with Crippen LogP contribution in [0.1, 0.15) is 11.4 Å². The molecule has 7 rings (SSSR count). The summed E-state index contributed by atoms with van der Waals surface area (Å²) in [7, 11) is 0. The zero-order valence-electron chi connectivity index (χ0n) is 28.0. The quantitative estimate of drug-likeness (QED) is 0.210. The average Bonchev–Trinajstić information content (AvgIpc) is 3.13. The van der Waals surface area contributed by atoms with E-state index in [1.165, 1.54) is 0 Å². The molecule has 3 heterocycles. The third-order valence-electron chi connectivity index (χ3n) is 8.75. The Balaban J connectivity index is 1.09. The fourth-order valence-corrected chi connectivity index (χ4v) is 6.11. The van der Waals surface area contributed by atoms with Gasteiger partial charge in [0.1, 0.15) is 26.4 Å². The van der Waals surface area contributed by atoms with E-state index >= 15 is 0 Å². The van der Waals surface area contributed by atoms with Gasteiger partial charge in [-0.2, -0.15) is 0 Å². The van der Waals surface area contributed by atoms with Crippen LogP contribution in [-0.2, 0) is 13.1 Å². The number of fused-ring (bicyclic) bond motifs is 4. The Bertz CT molecular complexity index is 1850. The molecule has 2 aromatic heterocycles. The molecule has 1 aliphatic heterocycles. The highest BCUT2D eigenvalue weighted by atomic mass is 16.5. The lowest BCUT2D eigenvalue weighted by Crippen LogP contribution is -2.33. The van der Waals surface area contributed by atoms with Crippen LogP contribution >= 0.6 is 0 Å². The topological polar surface area (TPSA) is 121 Å². The van der Waals surface area contributed by atoms with Gasteiger partial charge in [0.15, 0.2) is 23.0 Å². The summed E-state index contributed by atoms with van der Waals surface area (Å²) in [6.07, 6.45) is 0. The summed E-state index contributed by atoms with van der Waals surface area (Å²) >= 11 is 0. The predicted octanol–water partition coefficient (Wildman–Crippen LogP) is 6.18. The molecule has 0 radical (unpaired) electrons. The number of anilines is 2. The van der Waals surface area contributed by atoms with Gasteiger partial charge in [-0.15, -0.1) is 0 Å². The maximum atomic E-state index is 6.32. The Morgan fingerprint density at radius 3 is 1.16 bits per heavy atom. The molecule has 0 atom stereocenters. The third-order valence-corrected chi connectivity index (χ3v) is 8.75. The van der Waals surface area contributed by atoms with Gasteiger partial charge < -0.3 is 30.4 Å². The van der Waals surface area contributed by atoms with E-state index in [4.69, 9.17) is 40.4 Å². The summed E-state index contributed by atoms with van der Waals surface area (Å²) in [5, 5.41) is 2.04. The van der Waals surface area contributed by atoms with E-state index in [-0.39, 0.29) is 0 Å². The number of hydrogen-bond acceptors (Lipinski definition) is 10. The fraction of sp³-hybridized carbons (Fsp3) is 0.250. The van der Waals surface area contributed by atoms with Gasteiger partial charge in [-0.05, 0) is 48.5 Å². The molecule has 6 aromatic rings. The molecule has 0 saturated carbocycles. The number of nitrogens with zero attached hydrogens (tertiary/aromatic N) is 4. The van der Waals surface area contributed by atoms with E-state index in [0.717, 1.165) is 33.2 Å². The third kappa shape index (κ3) is 8.16. The summed E-state index contributed by atoms with van der Waals surface area (Å²) < 4.78 is 25.3. The molecule has 4 aromatic carbocycles. The van der Waals surface area contributed by atoms with E-state index in [2.05, 4.69) is 34.1 Å². The van der Waals surface area contributed by atoms with Crippen molar-refractivity contribution in [1.29, 1.82) is 0 Å². The van der Waals surface area contributed by atoms with Gasteiger partial charge in [0.25, 0.3) is 0 Å². The number of benzene rings is 4. The molecule has 256 valence electrons. The minimum atomic E-state index is 0.457. The first-order valence-electron chi connectivity index (χ1n) is 17.0. The van der Waals surface area contributed by atoms with E-state index in [0.29, 0.717) is 100 Å². The Labute approximate surface area is 292 Å². The minimum Gasteiger partial charge on any atom is -0.488 e. The number of rotatable bonds is 4. The number of ether oxygens (including phenoxy) is 4. The van der Waals surface area contributed by atoms with Crippen molar-refractivity contribution < 1.29 is 18.9 Å². The normalized spacial score (nSPS) is 15.4. The first-order valence-corrected chi connectivity index (χ1v) is 17.0. The highest BCUT2D eigenvalue weighted by Crippen LogP contribution is 2.28. The van der Waals surface area contributed by atoms with Crippen LogP contribution in [0.2, 0.25) is 0 Å². The van der Waals surface area contributed by atoms with Crippen molar-refractivity contribution in [3.05, 3.63) is 121 Å².